The van der Waals surface area contributed by atoms with E-state index in [0.29, 0.717) is 0 Å². The third kappa shape index (κ3) is 2.56. The Bertz CT molecular complexity index is 426. The molecular formula is C13H14NO+. The summed E-state index contributed by atoms with van der Waals surface area (Å²) < 4.78 is 7.32. The number of pyridine rings is 1. The van der Waals surface area contributed by atoms with Gasteiger partial charge in [0.25, 0.3) is 0 Å². The van der Waals surface area contributed by atoms with Gasteiger partial charge in [-0.25, -0.2) is 4.57 Å². The standard InChI is InChI=1S/C13H14NO/c1-15-13-7-5-6-12(10-13)11-14-8-3-2-4-9-14/h2-10H,11H2,1H3/q+1. The second-order valence-corrected chi connectivity index (χ2v) is 3.40. The van der Waals surface area contributed by atoms with Gasteiger partial charge in [-0.15, -0.1) is 0 Å². The van der Waals surface area contributed by atoms with Gasteiger partial charge < -0.3 is 4.74 Å². The van der Waals surface area contributed by atoms with Gasteiger partial charge in [-0.1, -0.05) is 18.2 Å². The molecule has 15 heavy (non-hydrogen) atoms. The van der Waals surface area contributed by atoms with Crippen LogP contribution >= 0.6 is 0 Å². The van der Waals surface area contributed by atoms with Crippen LogP contribution in [0.4, 0.5) is 0 Å². The van der Waals surface area contributed by atoms with Crippen LogP contribution in [0.15, 0.2) is 54.9 Å². The zero-order chi connectivity index (χ0) is 10.5. The molecular weight excluding hydrogens is 186 g/mol. The summed E-state index contributed by atoms with van der Waals surface area (Å²) in [6.07, 6.45) is 4.11. The number of rotatable bonds is 3. The van der Waals surface area contributed by atoms with Gasteiger partial charge in [-0.05, 0) is 12.1 Å². The van der Waals surface area contributed by atoms with Crippen LogP contribution in [0, 0.1) is 0 Å². The molecule has 2 aromatic rings. The highest BCUT2D eigenvalue weighted by Crippen LogP contribution is 2.11. The smallest absolute Gasteiger partial charge is 0.173 e. The van der Waals surface area contributed by atoms with Crippen LogP contribution in [0.1, 0.15) is 5.56 Å². The van der Waals surface area contributed by atoms with Crippen molar-refractivity contribution in [1.29, 1.82) is 0 Å². The van der Waals surface area contributed by atoms with Crippen molar-refractivity contribution in [1.82, 2.24) is 0 Å². The summed E-state index contributed by atoms with van der Waals surface area (Å²) in [7, 11) is 1.69. The van der Waals surface area contributed by atoms with Crippen molar-refractivity contribution < 1.29 is 9.30 Å². The zero-order valence-corrected chi connectivity index (χ0v) is 8.76. The first-order chi connectivity index (χ1) is 7.38. The quantitative estimate of drug-likeness (QED) is 0.691. The van der Waals surface area contributed by atoms with Crippen LogP contribution in [0.5, 0.6) is 5.75 Å². The lowest BCUT2D eigenvalue weighted by Crippen LogP contribution is -2.32. The lowest BCUT2D eigenvalue weighted by molar-refractivity contribution is -0.688. The van der Waals surface area contributed by atoms with E-state index in [1.165, 1.54) is 5.56 Å². The number of aromatic nitrogens is 1. The van der Waals surface area contributed by atoms with Crippen LogP contribution in [0.25, 0.3) is 0 Å². The minimum atomic E-state index is 0.873. The zero-order valence-electron chi connectivity index (χ0n) is 8.76. The number of hydrogen-bond donors (Lipinski definition) is 0. The number of hydrogen-bond acceptors (Lipinski definition) is 1. The molecule has 0 bridgehead atoms. The SMILES string of the molecule is COc1cccc(C[n+]2ccccc2)c1. The predicted molar refractivity (Wildman–Crippen MR) is 58.7 cm³/mol. The van der Waals surface area contributed by atoms with Gasteiger partial charge in [-0.2, -0.15) is 0 Å². The minimum absolute atomic E-state index is 0.873. The Balaban J connectivity index is 2.17. The van der Waals surface area contributed by atoms with E-state index >= 15 is 0 Å². The highest BCUT2D eigenvalue weighted by Gasteiger charge is 2.01. The summed E-state index contributed by atoms with van der Waals surface area (Å²) in [5, 5.41) is 0. The summed E-state index contributed by atoms with van der Waals surface area (Å²) in [5.41, 5.74) is 1.24. The van der Waals surface area contributed by atoms with Crippen LogP contribution in [-0.2, 0) is 6.54 Å². The summed E-state index contributed by atoms with van der Waals surface area (Å²) in [6.45, 7) is 0.873. The van der Waals surface area contributed by atoms with Gasteiger partial charge in [0.2, 0.25) is 0 Å². The second-order valence-electron chi connectivity index (χ2n) is 3.40. The molecule has 1 aromatic carbocycles. The minimum Gasteiger partial charge on any atom is -0.497 e. The molecule has 0 atom stereocenters. The van der Waals surface area contributed by atoms with E-state index in [-0.39, 0.29) is 0 Å². The summed E-state index contributed by atoms with van der Waals surface area (Å²) >= 11 is 0. The first-order valence-corrected chi connectivity index (χ1v) is 4.95. The lowest BCUT2D eigenvalue weighted by Gasteiger charge is -2.01. The highest BCUT2D eigenvalue weighted by atomic mass is 16.5. The van der Waals surface area contributed by atoms with E-state index in [4.69, 9.17) is 4.74 Å². The summed E-state index contributed by atoms with van der Waals surface area (Å²) in [5.74, 6) is 0.907. The van der Waals surface area contributed by atoms with Crippen LogP contribution in [-0.4, -0.2) is 7.11 Å². The Morgan fingerprint density at radius 3 is 2.60 bits per heavy atom. The van der Waals surface area contributed by atoms with Gasteiger partial charge >= 0.3 is 0 Å². The van der Waals surface area contributed by atoms with E-state index in [9.17, 15) is 0 Å². The molecule has 0 unspecified atom stereocenters. The fraction of sp³-hybridized carbons (Fsp3) is 0.154. The monoisotopic (exact) mass is 200 g/mol. The lowest BCUT2D eigenvalue weighted by atomic mass is 10.2. The maximum Gasteiger partial charge on any atom is 0.173 e. The number of nitrogens with zero attached hydrogens (tertiary/aromatic N) is 1. The molecule has 0 N–H and O–H groups in total. The molecule has 0 aliphatic rings. The third-order valence-electron chi connectivity index (χ3n) is 2.28. The predicted octanol–water partition coefficient (Wildman–Crippen LogP) is 2.03. The number of methoxy groups -OCH3 is 1. The molecule has 0 aliphatic carbocycles. The molecule has 1 aromatic heterocycles. The molecule has 2 rings (SSSR count). The number of ether oxygens (including phenoxy) is 1. The van der Waals surface area contributed by atoms with Crippen molar-refractivity contribution in [2.24, 2.45) is 0 Å². The molecule has 0 saturated heterocycles. The molecule has 76 valence electrons. The summed E-state index contributed by atoms with van der Waals surface area (Å²) in [4.78, 5) is 0. The van der Waals surface area contributed by atoms with E-state index in [0.717, 1.165) is 12.3 Å². The van der Waals surface area contributed by atoms with Gasteiger partial charge in [0.05, 0.1) is 7.11 Å². The van der Waals surface area contributed by atoms with E-state index in [2.05, 4.69) is 29.1 Å². The normalized spacial score (nSPS) is 9.93. The van der Waals surface area contributed by atoms with E-state index < -0.39 is 0 Å². The Labute approximate surface area is 89.8 Å². The number of benzene rings is 1. The van der Waals surface area contributed by atoms with Crippen molar-refractivity contribution in [3.05, 3.63) is 60.4 Å². The van der Waals surface area contributed by atoms with Gasteiger partial charge in [-0.3, -0.25) is 0 Å². The van der Waals surface area contributed by atoms with Gasteiger partial charge in [0, 0.05) is 17.7 Å². The Hall–Kier alpha value is -1.83. The van der Waals surface area contributed by atoms with Crippen molar-refractivity contribution >= 4 is 0 Å². The first-order valence-electron chi connectivity index (χ1n) is 4.95. The fourth-order valence-corrected chi connectivity index (χ4v) is 1.52. The van der Waals surface area contributed by atoms with Crippen LogP contribution in [0.3, 0.4) is 0 Å². The third-order valence-corrected chi connectivity index (χ3v) is 2.28. The molecule has 0 radical (unpaired) electrons. The Kier molecular flexibility index (Phi) is 2.98. The van der Waals surface area contributed by atoms with E-state index in [1.807, 2.05) is 30.3 Å². The Morgan fingerprint density at radius 2 is 1.87 bits per heavy atom. The second kappa shape index (κ2) is 4.60. The van der Waals surface area contributed by atoms with Crippen molar-refractivity contribution in [3.63, 3.8) is 0 Å². The largest absolute Gasteiger partial charge is 0.497 e. The van der Waals surface area contributed by atoms with Crippen LogP contribution in [0.2, 0.25) is 0 Å². The molecule has 2 nitrogen and oxygen atoms in total. The first kappa shape index (κ1) is 9.71. The maximum atomic E-state index is 5.18. The van der Waals surface area contributed by atoms with Crippen LogP contribution < -0.4 is 9.30 Å². The molecule has 1 heterocycles. The Morgan fingerprint density at radius 1 is 1.07 bits per heavy atom. The fourth-order valence-electron chi connectivity index (χ4n) is 1.52. The van der Waals surface area contributed by atoms with Crippen molar-refractivity contribution in [2.75, 3.05) is 7.11 Å². The molecule has 0 spiro atoms. The average molecular weight is 200 g/mol. The maximum absolute atomic E-state index is 5.18. The van der Waals surface area contributed by atoms with Gasteiger partial charge in [0.1, 0.15) is 5.75 Å². The average Bonchev–Trinajstić information content (AvgIpc) is 2.31. The highest BCUT2D eigenvalue weighted by molar-refractivity contribution is 5.27. The van der Waals surface area contributed by atoms with E-state index in [1.54, 1.807) is 7.11 Å². The molecule has 0 aliphatic heterocycles. The molecule has 0 saturated carbocycles. The summed E-state index contributed by atoms with van der Waals surface area (Å²) in [6, 6.07) is 14.2. The molecule has 0 fully saturated rings. The molecule has 2 heteroatoms. The topological polar surface area (TPSA) is 13.1 Å². The van der Waals surface area contributed by atoms with Crippen molar-refractivity contribution in [2.45, 2.75) is 6.54 Å². The van der Waals surface area contributed by atoms with Gasteiger partial charge in [0.15, 0.2) is 18.9 Å². The van der Waals surface area contributed by atoms with Crippen molar-refractivity contribution in [3.8, 4) is 5.75 Å². The molecule has 0 amide bonds.